The van der Waals surface area contributed by atoms with Crippen molar-refractivity contribution in [3.63, 3.8) is 0 Å². The Bertz CT molecular complexity index is 1620. The molecule has 1 N–H and O–H groups in total. The van der Waals surface area contributed by atoms with Gasteiger partial charge in [0.1, 0.15) is 0 Å². The molecule has 41 heavy (non-hydrogen) atoms. The summed E-state index contributed by atoms with van der Waals surface area (Å²) < 4.78 is 1.90. The van der Waals surface area contributed by atoms with Gasteiger partial charge in [-0.25, -0.2) is 9.50 Å². The highest BCUT2D eigenvalue weighted by atomic mass is 35.5. The van der Waals surface area contributed by atoms with Crippen molar-refractivity contribution in [1.82, 2.24) is 19.5 Å². The van der Waals surface area contributed by atoms with E-state index < -0.39 is 0 Å². The fourth-order valence-electron chi connectivity index (χ4n) is 5.52. The maximum absolute atomic E-state index is 12.5. The van der Waals surface area contributed by atoms with Crippen molar-refractivity contribution in [2.24, 2.45) is 0 Å². The number of carbonyl (C=O) groups is 1. The van der Waals surface area contributed by atoms with E-state index in [1.54, 1.807) is 6.07 Å². The van der Waals surface area contributed by atoms with E-state index in [0.29, 0.717) is 11.4 Å². The molecule has 0 spiro atoms. The molecular formula is C34H34ClN5O. The number of nitrogens with one attached hydrogen (secondary N) is 1. The molecule has 0 bridgehead atoms. The van der Waals surface area contributed by atoms with Gasteiger partial charge in [-0.2, -0.15) is 5.10 Å². The Labute approximate surface area is 246 Å². The zero-order chi connectivity index (χ0) is 28.0. The summed E-state index contributed by atoms with van der Waals surface area (Å²) in [5.74, 6) is 0.710. The molecule has 1 aliphatic rings. The van der Waals surface area contributed by atoms with Gasteiger partial charge in [0.25, 0.3) is 0 Å². The number of likely N-dealkylation sites (tertiary alicyclic amines) is 1. The molecule has 0 saturated carbocycles. The van der Waals surface area contributed by atoms with Gasteiger partial charge in [0, 0.05) is 22.7 Å². The molecule has 1 amide bonds. The molecule has 1 fully saturated rings. The fourth-order valence-corrected chi connectivity index (χ4v) is 5.74. The summed E-state index contributed by atoms with van der Waals surface area (Å²) in [6.07, 6.45) is 6.00. The SMILES string of the molecule is O=C(Cc1cccc(Cl)c1)Nc1ccc(-c2cccc3nc(Cc4ccc(CCCN5CCCC5)cc4)nn23)cc1. The van der Waals surface area contributed by atoms with Gasteiger partial charge in [-0.05, 0) is 98.4 Å². The van der Waals surface area contributed by atoms with Crippen LogP contribution in [0.15, 0.2) is 91.0 Å². The number of aryl methyl sites for hydroxylation is 1. The van der Waals surface area contributed by atoms with E-state index in [9.17, 15) is 4.79 Å². The topological polar surface area (TPSA) is 62.5 Å². The van der Waals surface area contributed by atoms with Crippen LogP contribution in [-0.2, 0) is 24.1 Å². The Kier molecular flexibility index (Phi) is 8.40. The Morgan fingerprint density at radius 3 is 2.39 bits per heavy atom. The maximum Gasteiger partial charge on any atom is 0.228 e. The lowest BCUT2D eigenvalue weighted by atomic mass is 10.1. The monoisotopic (exact) mass is 563 g/mol. The Hall–Kier alpha value is -4.00. The Morgan fingerprint density at radius 2 is 1.61 bits per heavy atom. The zero-order valence-corrected chi connectivity index (χ0v) is 23.9. The molecule has 1 aliphatic heterocycles. The number of amides is 1. The van der Waals surface area contributed by atoms with Crippen molar-refractivity contribution in [1.29, 1.82) is 0 Å². The predicted octanol–water partition coefficient (Wildman–Crippen LogP) is 6.85. The summed E-state index contributed by atoms with van der Waals surface area (Å²) in [4.78, 5) is 19.9. The highest BCUT2D eigenvalue weighted by molar-refractivity contribution is 6.30. The van der Waals surface area contributed by atoms with Crippen LogP contribution in [0.25, 0.3) is 16.9 Å². The summed E-state index contributed by atoms with van der Waals surface area (Å²) in [5.41, 5.74) is 6.99. The number of halogens is 1. The molecule has 2 aromatic heterocycles. The molecule has 6 nitrogen and oxygen atoms in total. The normalized spacial score (nSPS) is 13.6. The maximum atomic E-state index is 12.5. The number of anilines is 1. The number of benzene rings is 3. The smallest absolute Gasteiger partial charge is 0.228 e. The van der Waals surface area contributed by atoms with Crippen LogP contribution in [0, 0.1) is 0 Å². The summed E-state index contributed by atoms with van der Waals surface area (Å²) >= 11 is 6.04. The number of nitrogens with zero attached hydrogens (tertiary/aromatic N) is 4. The van der Waals surface area contributed by atoms with E-state index >= 15 is 0 Å². The van der Waals surface area contributed by atoms with Crippen molar-refractivity contribution in [2.75, 3.05) is 25.0 Å². The molecule has 0 atom stereocenters. The summed E-state index contributed by atoms with van der Waals surface area (Å²) in [6, 6.07) is 30.1. The molecule has 0 unspecified atom stereocenters. The molecule has 208 valence electrons. The van der Waals surface area contributed by atoms with Gasteiger partial charge in [0.05, 0.1) is 12.1 Å². The van der Waals surface area contributed by atoms with Crippen LogP contribution in [0.3, 0.4) is 0 Å². The first kappa shape index (κ1) is 27.2. The third-order valence-corrected chi connectivity index (χ3v) is 7.88. The molecule has 1 saturated heterocycles. The molecule has 6 rings (SSSR count). The van der Waals surface area contributed by atoms with Crippen LogP contribution in [0.1, 0.15) is 41.8 Å². The highest BCUT2D eigenvalue weighted by Gasteiger charge is 2.12. The van der Waals surface area contributed by atoms with Gasteiger partial charge in [-0.3, -0.25) is 4.79 Å². The number of aromatic nitrogens is 3. The van der Waals surface area contributed by atoms with Gasteiger partial charge in [-0.15, -0.1) is 0 Å². The molecule has 0 aliphatic carbocycles. The second-order valence-electron chi connectivity index (χ2n) is 10.8. The summed E-state index contributed by atoms with van der Waals surface area (Å²) in [7, 11) is 0. The van der Waals surface area contributed by atoms with Crippen LogP contribution in [-0.4, -0.2) is 45.0 Å². The van der Waals surface area contributed by atoms with E-state index in [4.69, 9.17) is 21.7 Å². The van der Waals surface area contributed by atoms with Gasteiger partial charge in [-0.1, -0.05) is 66.2 Å². The van der Waals surface area contributed by atoms with E-state index in [0.717, 1.165) is 40.4 Å². The number of hydrogen-bond acceptors (Lipinski definition) is 4. The number of fused-ring (bicyclic) bond motifs is 1. The van der Waals surface area contributed by atoms with Gasteiger partial charge in [0.2, 0.25) is 5.91 Å². The minimum absolute atomic E-state index is 0.0850. The lowest BCUT2D eigenvalue weighted by Crippen LogP contribution is -2.20. The van der Waals surface area contributed by atoms with E-state index in [2.05, 4.69) is 34.5 Å². The second-order valence-corrected chi connectivity index (χ2v) is 11.2. The number of rotatable bonds is 10. The molecule has 3 aromatic carbocycles. The van der Waals surface area contributed by atoms with Gasteiger partial charge in [0.15, 0.2) is 11.5 Å². The zero-order valence-electron chi connectivity index (χ0n) is 23.1. The molecule has 0 radical (unpaired) electrons. The third-order valence-electron chi connectivity index (χ3n) is 7.65. The predicted molar refractivity (Wildman–Crippen MR) is 165 cm³/mol. The van der Waals surface area contributed by atoms with Crippen LogP contribution in [0.4, 0.5) is 5.69 Å². The number of hydrogen-bond donors (Lipinski definition) is 1. The highest BCUT2D eigenvalue weighted by Crippen LogP contribution is 2.23. The largest absolute Gasteiger partial charge is 0.326 e. The summed E-state index contributed by atoms with van der Waals surface area (Å²) in [5, 5.41) is 8.44. The fraction of sp³-hybridized carbons (Fsp3) is 0.265. The second kappa shape index (κ2) is 12.7. The van der Waals surface area contributed by atoms with Crippen molar-refractivity contribution >= 4 is 28.8 Å². The number of pyridine rings is 1. The summed E-state index contributed by atoms with van der Waals surface area (Å²) in [6.45, 7) is 3.74. The Morgan fingerprint density at radius 1 is 0.854 bits per heavy atom. The van der Waals surface area contributed by atoms with Crippen LogP contribution in [0.2, 0.25) is 5.02 Å². The van der Waals surface area contributed by atoms with E-state index in [-0.39, 0.29) is 12.3 Å². The average Bonchev–Trinajstić information content (AvgIpc) is 3.64. The molecule has 3 heterocycles. The average molecular weight is 564 g/mol. The number of carbonyl (C=O) groups excluding carboxylic acids is 1. The van der Waals surface area contributed by atoms with Crippen molar-refractivity contribution in [3.05, 3.63) is 119 Å². The standard InChI is InChI=1S/C34H34ClN5O/c35-29-8-3-6-27(22-29)24-34(41)36-30-17-15-28(16-18-30)31-9-4-10-33-37-32(38-40(31)33)23-26-13-11-25(12-14-26)7-5-21-39-19-1-2-20-39/h3-4,6,8-18,22H,1-2,5,7,19-21,23-24H2,(H,36,41). The lowest BCUT2D eigenvalue weighted by molar-refractivity contribution is -0.115. The quantitative estimate of drug-likeness (QED) is 0.202. The molecular weight excluding hydrogens is 530 g/mol. The van der Waals surface area contributed by atoms with E-state index in [1.165, 1.54) is 50.0 Å². The minimum atomic E-state index is -0.0850. The Balaban J connectivity index is 1.09. The molecule has 7 heteroatoms. The minimum Gasteiger partial charge on any atom is -0.326 e. The first-order valence-electron chi connectivity index (χ1n) is 14.4. The van der Waals surface area contributed by atoms with Gasteiger partial charge < -0.3 is 10.2 Å². The van der Waals surface area contributed by atoms with Gasteiger partial charge >= 0.3 is 0 Å². The van der Waals surface area contributed by atoms with Crippen molar-refractivity contribution < 1.29 is 4.79 Å². The van der Waals surface area contributed by atoms with Crippen LogP contribution < -0.4 is 5.32 Å². The van der Waals surface area contributed by atoms with Crippen molar-refractivity contribution in [3.8, 4) is 11.3 Å². The first-order valence-corrected chi connectivity index (χ1v) is 14.8. The van der Waals surface area contributed by atoms with Crippen LogP contribution >= 0.6 is 11.6 Å². The van der Waals surface area contributed by atoms with Crippen LogP contribution in [0.5, 0.6) is 0 Å². The molecule has 5 aromatic rings. The lowest BCUT2D eigenvalue weighted by Gasteiger charge is -2.13. The third kappa shape index (κ3) is 7.02. The first-order chi connectivity index (χ1) is 20.1. The van der Waals surface area contributed by atoms with E-state index in [1.807, 2.05) is 65.2 Å². The van der Waals surface area contributed by atoms with Crippen molar-refractivity contribution in [2.45, 2.75) is 38.5 Å².